The van der Waals surface area contributed by atoms with E-state index in [4.69, 9.17) is 0 Å². The molecule has 0 aliphatic heterocycles. The van der Waals surface area contributed by atoms with Crippen LogP contribution in [0, 0.1) is 5.92 Å². The first-order valence-corrected chi connectivity index (χ1v) is 7.27. The molecular weight excluding hydrogens is 222 g/mol. The minimum absolute atomic E-state index is 0.627. The molecule has 2 rings (SSSR count). The van der Waals surface area contributed by atoms with Gasteiger partial charge >= 0.3 is 0 Å². The van der Waals surface area contributed by atoms with Gasteiger partial charge in [-0.1, -0.05) is 26.2 Å². The molecule has 0 radical (unpaired) electrons. The molecule has 0 saturated heterocycles. The minimum atomic E-state index is 0.627. The lowest BCUT2D eigenvalue weighted by molar-refractivity contribution is 0.327. The van der Waals surface area contributed by atoms with Crippen molar-refractivity contribution in [3.8, 4) is 0 Å². The van der Waals surface area contributed by atoms with Gasteiger partial charge in [0.05, 0.1) is 23.8 Å². The second kappa shape index (κ2) is 6.62. The van der Waals surface area contributed by atoms with Gasteiger partial charge in [-0.05, 0) is 31.7 Å². The van der Waals surface area contributed by atoms with Crippen molar-refractivity contribution < 1.29 is 0 Å². The topological polar surface area (TPSA) is 37.0 Å². The van der Waals surface area contributed by atoms with Crippen LogP contribution in [0.1, 0.15) is 46.0 Å². The molecule has 1 saturated carbocycles. The Bertz CT molecular complexity index is 365. The van der Waals surface area contributed by atoms with Crippen LogP contribution in [0.4, 0.5) is 11.4 Å². The summed E-state index contributed by atoms with van der Waals surface area (Å²) in [5, 5.41) is 6.94. The van der Waals surface area contributed by atoms with Crippen LogP contribution < -0.4 is 10.6 Å². The molecule has 100 valence electrons. The molecule has 3 heteroatoms. The van der Waals surface area contributed by atoms with Crippen molar-refractivity contribution in [3.05, 3.63) is 18.5 Å². The highest BCUT2D eigenvalue weighted by Gasteiger charge is 2.20. The first-order chi connectivity index (χ1) is 8.81. The van der Waals surface area contributed by atoms with E-state index in [2.05, 4.69) is 35.5 Å². The summed E-state index contributed by atoms with van der Waals surface area (Å²) in [7, 11) is 0. The smallest absolute Gasteiger partial charge is 0.0549 e. The molecular formula is C15H25N3. The summed E-state index contributed by atoms with van der Waals surface area (Å²) < 4.78 is 0. The molecule has 1 aliphatic rings. The average Bonchev–Trinajstić information content (AvgIpc) is 2.40. The molecule has 1 aromatic rings. The highest BCUT2D eigenvalue weighted by atomic mass is 14.9. The summed E-state index contributed by atoms with van der Waals surface area (Å²) in [6.45, 7) is 5.35. The van der Waals surface area contributed by atoms with Crippen molar-refractivity contribution in [3.63, 3.8) is 0 Å². The Hall–Kier alpha value is -1.25. The van der Waals surface area contributed by atoms with E-state index in [9.17, 15) is 0 Å². The zero-order valence-electron chi connectivity index (χ0n) is 11.6. The number of pyridine rings is 1. The third-order valence-corrected chi connectivity index (χ3v) is 3.85. The van der Waals surface area contributed by atoms with E-state index in [0.29, 0.717) is 6.04 Å². The van der Waals surface area contributed by atoms with Gasteiger partial charge in [0.25, 0.3) is 0 Å². The standard InChI is InChI=1S/C15H25N3/c1-3-12-6-5-7-13(8-12)18-15-9-14(17-4-2)10-16-11-15/h9-13,17-18H,3-8H2,1-2H3. The van der Waals surface area contributed by atoms with Gasteiger partial charge in [0.2, 0.25) is 0 Å². The maximum atomic E-state index is 4.28. The van der Waals surface area contributed by atoms with Crippen molar-refractivity contribution in [1.29, 1.82) is 0 Å². The molecule has 18 heavy (non-hydrogen) atoms. The molecule has 1 heterocycles. The van der Waals surface area contributed by atoms with E-state index < -0.39 is 0 Å². The van der Waals surface area contributed by atoms with Crippen molar-refractivity contribution in [2.75, 3.05) is 17.2 Å². The average molecular weight is 247 g/mol. The molecule has 0 spiro atoms. The number of nitrogens with zero attached hydrogens (tertiary/aromatic N) is 1. The summed E-state index contributed by atoms with van der Waals surface area (Å²) in [5.74, 6) is 0.904. The first kappa shape index (κ1) is 13.2. The molecule has 0 aromatic carbocycles. The van der Waals surface area contributed by atoms with Gasteiger partial charge in [-0.25, -0.2) is 0 Å². The van der Waals surface area contributed by atoms with E-state index in [1.54, 1.807) is 0 Å². The minimum Gasteiger partial charge on any atom is -0.384 e. The third-order valence-electron chi connectivity index (χ3n) is 3.85. The predicted molar refractivity (Wildman–Crippen MR) is 78.1 cm³/mol. The maximum Gasteiger partial charge on any atom is 0.0549 e. The summed E-state index contributed by atoms with van der Waals surface area (Å²) in [6.07, 6.45) is 10.5. The van der Waals surface area contributed by atoms with Crippen LogP contribution in [0.25, 0.3) is 0 Å². The highest BCUT2D eigenvalue weighted by Crippen LogP contribution is 2.28. The number of hydrogen-bond donors (Lipinski definition) is 2. The number of hydrogen-bond acceptors (Lipinski definition) is 3. The van der Waals surface area contributed by atoms with Crippen LogP contribution in [-0.4, -0.2) is 17.6 Å². The van der Waals surface area contributed by atoms with E-state index in [0.717, 1.165) is 23.8 Å². The van der Waals surface area contributed by atoms with Crippen LogP contribution in [0.2, 0.25) is 0 Å². The third kappa shape index (κ3) is 3.62. The summed E-state index contributed by atoms with van der Waals surface area (Å²) in [5.41, 5.74) is 2.25. The summed E-state index contributed by atoms with van der Waals surface area (Å²) in [6, 6.07) is 2.79. The zero-order valence-corrected chi connectivity index (χ0v) is 11.6. The van der Waals surface area contributed by atoms with Crippen LogP contribution >= 0.6 is 0 Å². The Morgan fingerprint density at radius 1 is 1.22 bits per heavy atom. The quantitative estimate of drug-likeness (QED) is 0.828. The second-order valence-electron chi connectivity index (χ2n) is 5.27. The van der Waals surface area contributed by atoms with Gasteiger partial charge in [-0.3, -0.25) is 4.98 Å². The molecule has 0 amide bonds. The van der Waals surface area contributed by atoms with Crippen LogP contribution in [0.3, 0.4) is 0 Å². The molecule has 2 N–H and O–H groups in total. The molecule has 3 nitrogen and oxygen atoms in total. The van der Waals surface area contributed by atoms with E-state index in [1.807, 2.05) is 12.4 Å². The first-order valence-electron chi connectivity index (χ1n) is 7.27. The normalized spacial score (nSPS) is 23.7. The summed E-state index contributed by atoms with van der Waals surface area (Å²) >= 11 is 0. The van der Waals surface area contributed by atoms with Gasteiger partial charge in [0, 0.05) is 12.6 Å². The summed E-state index contributed by atoms with van der Waals surface area (Å²) in [4.78, 5) is 4.28. The molecule has 1 aromatic heterocycles. The number of anilines is 2. The second-order valence-corrected chi connectivity index (χ2v) is 5.27. The Balaban J connectivity index is 1.93. The number of rotatable bonds is 5. The van der Waals surface area contributed by atoms with Crippen LogP contribution in [0.15, 0.2) is 18.5 Å². The molecule has 1 fully saturated rings. The monoisotopic (exact) mass is 247 g/mol. The van der Waals surface area contributed by atoms with Gasteiger partial charge in [-0.15, -0.1) is 0 Å². The Morgan fingerprint density at radius 2 is 2.06 bits per heavy atom. The van der Waals surface area contributed by atoms with Gasteiger partial charge < -0.3 is 10.6 Å². The van der Waals surface area contributed by atoms with Gasteiger partial charge in [0.1, 0.15) is 0 Å². The lowest BCUT2D eigenvalue weighted by Gasteiger charge is -2.29. The van der Waals surface area contributed by atoms with E-state index >= 15 is 0 Å². The fourth-order valence-corrected chi connectivity index (χ4v) is 2.85. The van der Waals surface area contributed by atoms with Crippen LogP contribution in [-0.2, 0) is 0 Å². The zero-order chi connectivity index (χ0) is 12.8. The number of nitrogens with one attached hydrogen (secondary N) is 2. The Labute approximate surface area is 110 Å². The van der Waals surface area contributed by atoms with Crippen molar-refractivity contribution in [2.24, 2.45) is 5.92 Å². The van der Waals surface area contributed by atoms with Gasteiger partial charge in [-0.2, -0.15) is 0 Å². The molecule has 2 unspecified atom stereocenters. The highest BCUT2D eigenvalue weighted by molar-refractivity contribution is 5.54. The fraction of sp³-hybridized carbons (Fsp3) is 0.667. The van der Waals surface area contributed by atoms with Gasteiger partial charge in [0.15, 0.2) is 0 Å². The molecule has 2 atom stereocenters. The van der Waals surface area contributed by atoms with Crippen molar-refractivity contribution in [2.45, 2.75) is 52.0 Å². The van der Waals surface area contributed by atoms with Crippen LogP contribution in [0.5, 0.6) is 0 Å². The number of aromatic nitrogens is 1. The SMILES string of the molecule is CCNc1cncc(NC2CCCC(CC)C2)c1. The molecule has 0 bridgehead atoms. The van der Waals surface area contributed by atoms with Crippen molar-refractivity contribution in [1.82, 2.24) is 4.98 Å². The molecule has 1 aliphatic carbocycles. The fourth-order valence-electron chi connectivity index (χ4n) is 2.85. The lowest BCUT2D eigenvalue weighted by Crippen LogP contribution is -2.27. The lowest BCUT2D eigenvalue weighted by atomic mass is 9.84. The van der Waals surface area contributed by atoms with E-state index in [-0.39, 0.29) is 0 Å². The van der Waals surface area contributed by atoms with E-state index in [1.165, 1.54) is 32.1 Å². The Kier molecular flexibility index (Phi) is 4.85. The predicted octanol–water partition coefficient (Wildman–Crippen LogP) is 3.89. The largest absolute Gasteiger partial charge is 0.384 e. The maximum absolute atomic E-state index is 4.28. The Morgan fingerprint density at radius 3 is 2.83 bits per heavy atom. The van der Waals surface area contributed by atoms with Crippen molar-refractivity contribution >= 4 is 11.4 Å².